The Kier molecular flexibility index (Phi) is 9.65. The minimum Gasteiger partial charge on any atom is -0.488 e. The van der Waals surface area contributed by atoms with E-state index in [9.17, 15) is 13.2 Å². The molecule has 0 atom stereocenters. The summed E-state index contributed by atoms with van der Waals surface area (Å²) in [6.45, 7) is 11.5. The fourth-order valence-corrected chi connectivity index (χ4v) is 2.65. The van der Waals surface area contributed by atoms with Gasteiger partial charge >= 0.3 is 6.18 Å². The van der Waals surface area contributed by atoms with Gasteiger partial charge in [-0.25, -0.2) is 9.98 Å². The minimum absolute atomic E-state index is 0. The average Bonchev–Trinajstić information content (AvgIpc) is 2.94. The highest BCUT2D eigenvalue weighted by atomic mass is 127. The Morgan fingerprint density at radius 1 is 1.16 bits per heavy atom. The number of nitrogens with zero attached hydrogens (tertiary/aromatic N) is 2. The third kappa shape index (κ3) is 8.58. The number of hydrogen-bond donors (Lipinski definition) is 2. The average molecular weight is 554 g/mol. The van der Waals surface area contributed by atoms with Gasteiger partial charge in [-0.15, -0.1) is 24.0 Å². The molecule has 0 spiro atoms. The molecule has 2 N–H and O–H groups in total. The maximum Gasteiger partial charge on any atom is 0.416 e. The number of aromatic nitrogens is 1. The summed E-state index contributed by atoms with van der Waals surface area (Å²) in [7, 11) is 0. The van der Waals surface area contributed by atoms with Crippen LogP contribution < -0.4 is 15.4 Å². The fraction of sp³-hybridized carbons (Fsp3) is 0.524. The smallest absolute Gasteiger partial charge is 0.416 e. The molecule has 0 fully saturated rings. The topological polar surface area (TPSA) is 71.7 Å². The van der Waals surface area contributed by atoms with E-state index in [0.29, 0.717) is 18.4 Å². The minimum atomic E-state index is -4.51. The van der Waals surface area contributed by atoms with Crippen LogP contribution in [-0.2, 0) is 19.3 Å². The third-order valence-corrected chi connectivity index (χ3v) is 4.04. The van der Waals surface area contributed by atoms with E-state index in [2.05, 4.69) is 20.6 Å². The van der Waals surface area contributed by atoms with Gasteiger partial charge < -0.3 is 19.8 Å². The van der Waals surface area contributed by atoms with Crippen LogP contribution in [0.3, 0.4) is 0 Å². The van der Waals surface area contributed by atoms with Crippen LogP contribution in [0.25, 0.3) is 0 Å². The summed E-state index contributed by atoms with van der Waals surface area (Å²) in [5.41, 5.74) is -0.506. The zero-order chi connectivity index (χ0) is 22.5. The van der Waals surface area contributed by atoms with Crippen LogP contribution in [0, 0.1) is 13.8 Å². The van der Waals surface area contributed by atoms with E-state index in [-0.39, 0.29) is 48.4 Å². The molecule has 174 valence electrons. The molecule has 2 aromatic rings. The van der Waals surface area contributed by atoms with Gasteiger partial charge in [-0.05, 0) is 59.2 Å². The zero-order valence-electron chi connectivity index (χ0n) is 18.6. The lowest BCUT2D eigenvalue weighted by Crippen LogP contribution is -2.36. The van der Waals surface area contributed by atoms with E-state index in [1.54, 1.807) is 20.8 Å². The summed E-state index contributed by atoms with van der Waals surface area (Å²) in [6, 6.07) is 3.95. The van der Waals surface area contributed by atoms with Crippen molar-refractivity contribution in [2.24, 2.45) is 4.99 Å². The first-order chi connectivity index (χ1) is 13.9. The van der Waals surface area contributed by atoms with Crippen molar-refractivity contribution < 1.29 is 22.3 Å². The highest BCUT2D eigenvalue weighted by Crippen LogP contribution is 2.35. The van der Waals surface area contributed by atoms with E-state index in [4.69, 9.17) is 9.15 Å². The number of hydrogen-bond acceptors (Lipinski definition) is 4. The molecule has 1 heterocycles. The first kappa shape index (κ1) is 27.1. The lowest BCUT2D eigenvalue weighted by molar-refractivity contribution is -0.138. The third-order valence-electron chi connectivity index (χ3n) is 4.04. The molecule has 0 aliphatic rings. The molecule has 10 heteroatoms. The molecular formula is C21H30F3IN4O2. The second kappa shape index (κ2) is 11.1. The van der Waals surface area contributed by atoms with Crippen molar-refractivity contribution in [1.82, 2.24) is 15.6 Å². The molecule has 0 saturated heterocycles. The van der Waals surface area contributed by atoms with E-state index in [0.717, 1.165) is 17.5 Å². The number of benzene rings is 1. The molecule has 0 aliphatic carbocycles. The summed E-state index contributed by atoms with van der Waals surface area (Å²) in [5, 5.41) is 6.03. The van der Waals surface area contributed by atoms with Crippen LogP contribution in [0.5, 0.6) is 5.75 Å². The SMILES string of the molecule is CCNC(=NCc1ccc(OC(C)(C)C)cc1C(F)(F)F)NCc1nc(C)c(C)o1.I. The van der Waals surface area contributed by atoms with Crippen molar-refractivity contribution in [1.29, 1.82) is 0 Å². The highest BCUT2D eigenvalue weighted by molar-refractivity contribution is 14.0. The first-order valence-corrected chi connectivity index (χ1v) is 9.73. The normalized spacial score (nSPS) is 12.4. The van der Waals surface area contributed by atoms with Crippen LogP contribution in [-0.4, -0.2) is 23.1 Å². The number of nitrogens with one attached hydrogen (secondary N) is 2. The van der Waals surface area contributed by atoms with Crippen molar-refractivity contribution in [3.63, 3.8) is 0 Å². The van der Waals surface area contributed by atoms with Gasteiger partial charge in [-0.1, -0.05) is 6.07 Å². The summed E-state index contributed by atoms with van der Waals surface area (Å²) in [4.78, 5) is 8.56. The van der Waals surface area contributed by atoms with Crippen LogP contribution >= 0.6 is 24.0 Å². The van der Waals surface area contributed by atoms with E-state index in [1.165, 1.54) is 12.1 Å². The number of guanidine groups is 1. The van der Waals surface area contributed by atoms with Crippen molar-refractivity contribution in [2.75, 3.05) is 6.54 Å². The number of aryl methyl sites for hydroxylation is 2. The van der Waals surface area contributed by atoms with Crippen molar-refractivity contribution in [2.45, 2.75) is 66.4 Å². The maximum absolute atomic E-state index is 13.6. The van der Waals surface area contributed by atoms with E-state index in [1.807, 2.05) is 20.8 Å². The molecule has 0 aliphatic heterocycles. The largest absolute Gasteiger partial charge is 0.488 e. The highest BCUT2D eigenvalue weighted by Gasteiger charge is 2.34. The number of aliphatic imine (C=N–C) groups is 1. The molecule has 2 rings (SSSR count). The maximum atomic E-state index is 13.6. The van der Waals surface area contributed by atoms with Gasteiger partial charge in [0.15, 0.2) is 5.96 Å². The standard InChI is InChI=1S/C21H29F3N4O2.HI/c1-7-25-19(27-12-18-28-13(2)14(3)29-18)26-11-15-8-9-16(30-20(4,5)6)10-17(15)21(22,23)24;/h8-10H,7,11-12H2,1-6H3,(H2,25,26,27);1H. The quantitative estimate of drug-likeness (QED) is 0.286. The lowest BCUT2D eigenvalue weighted by Gasteiger charge is -2.22. The van der Waals surface area contributed by atoms with Gasteiger partial charge in [0, 0.05) is 6.54 Å². The molecule has 6 nitrogen and oxygen atoms in total. The molecule has 0 saturated carbocycles. The van der Waals surface area contributed by atoms with Gasteiger partial charge in [0.25, 0.3) is 0 Å². The molecule has 31 heavy (non-hydrogen) atoms. The second-order valence-corrected chi connectivity index (χ2v) is 7.83. The number of rotatable bonds is 6. The predicted octanol–water partition coefficient (Wildman–Crippen LogP) is 5.36. The van der Waals surface area contributed by atoms with E-state index < -0.39 is 17.3 Å². The molecule has 0 radical (unpaired) electrons. The van der Waals surface area contributed by atoms with Crippen LogP contribution in [0.4, 0.5) is 13.2 Å². The van der Waals surface area contributed by atoms with Crippen LogP contribution in [0.15, 0.2) is 27.6 Å². The molecule has 0 amide bonds. The predicted molar refractivity (Wildman–Crippen MR) is 125 cm³/mol. The molecule has 0 unspecified atom stereocenters. The molecule has 1 aromatic carbocycles. The lowest BCUT2D eigenvalue weighted by atomic mass is 10.1. The van der Waals surface area contributed by atoms with Gasteiger partial charge in [0.2, 0.25) is 5.89 Å². The Labute approximate surface area is 198 Å². The number of ether oxygens (including phenoxy) is 1. The van der Waals surface area contributed by atoms with Gasteiger partial charge in [0.1, 0.15) is 17.1 Å². The van der Waals surface area contributed by atoms with Crippen molar-refractivity contribution in [3.05, 3.63) is 46.7 Å². The number of oxazole rings is 1. The van der Waals surface area contributed by atoms with Gasteiger partial charge in [0.05, 0.1) is 24.3 Å². The number of alkyl halides is 3. The first-order valence-electron chi connectivity index (χ1n) is 9.73. The summed E-state index contributed by atoms with van der Waals surface area (Å²) >= 11 is 0. The van der Waals surface area contributed by atoms with E-state index >= 15 is 0 Å². The number of halogens is 4. The monoisotopic (exact) mass is 554 g/mol. The van der Waals surface area contributed by atoms with Gasteiger partial charge in [-0.2, -0.15) is 13.2 Å². The summed E-state index contributed by atoms with van der Waals surface area (Å²) in [5.74, 6) is 1.74. The van der Waals surface area contributed by atoms with Crippen LogP contribution in [0.1, 0.15) is 56.2 Å². The summed E-state index contributed by atoms with van der Waals surface area (Å²) in [6.07, 6.45) is -4.51. The Morgan fingerprint density at radius 3 is 2.35 bits per heavy atom. The fourth-order valence-electron chi connectivity index (χ4n) is 2.65. The Morgan fingerprint density at radius 2 is 1.84 bits per heavy atom. The van der Waals surface area contributed by atoms with Crippen molar-refractivity contribution >= 4 is 29.9 Å². The zero-order valence-corrected chi connectivity index (χ0v) is 20.9. The molecule has 0 bridgehead atoms. The molecular weight excluding hydrogens is 524 g/mol. The Bertz CT molecular complexity index is 870. The van der Waals surface area contributed by atoms with Gasteiger partial charge in [-0.3, -0.25) is 0 Å². The summed E-state index contributed by atoms with van der Waals surface area (Å²) < 4.78 is 51.8. The van der Waals surface area contributed by atoms with Crippen LogP contribution in [0.2, 0.25) is 0 Å². The molecule has 1 aromatic heterocycles. The Balaban J connectivity index is 0.00000480. The second-order valence-electron chi connectivity index (χ2n) is 7.83. The van der Waals surface area contributed by atoms with Crippen molar-refractivity contribution in [3.8, 4) is 5.75 Å². The Hall–Kier alpha value is -1.98.